The van der Waals surface area contributed by atoms with Crippen molar-refractivity contribution < 1.29 is 35.0 Å². The van der Waals surface area contributed by atoms with E-state index in [2.05, 4.69) is 9.97 Å². The quantitative estimate of drug-likeness (QED) is 0.332. The summed E-state index contributed by atoms with van der Waals surface area (Å²) in [5, 5.41) is 0. The molecule has 0 spiro atoms. The van der Waals surface area contributed by atoms with Crippen molar-refractivity contribution >= 4 is 0 Å². The molecule has 0 fully saturated rings. The van der Waals surface area contributed by atoms with Gasteiger partial charge in [-0.15, -0.1) is 0 Å². The van der Waals surface area contributed by atoms with Gasteiger partial charge in [0.25, 0.3) is 0 Å². The molecule has 1 aromatic heterocycles. The SMILES string of the molecule is [1Na+].[OH-].c1cnccn1. The molecule has 0 amide bonds. The molecule has 8 heavy (non-hydrogen) atoms. The summed E-state index contributed by atoms with van der Waals surface area (Å²) in [6.45, 7) is 0. The molecule has 0 atom stereocenters. The molecular weight excluding hydrogens is 93.1 g/mol. The van der Waals surface area contributed by atoms with Gasteiger partial charge in [0, 0.05) is 24.8 Å². The Morgan fingerprint density at radius 3 is 1.12 bits per heavy atom. The first-order valence-electron chi connectivity index (χ1n) is 1.70. The summed E-state index contributed by atoms with van der Waals surface area (Å²) in [4.78, 5) is 7.44. The van der Waals surface area contributed by atoms with Gasteiger partial charge in [0.2, 0.25) is 0 Å². The number of rotatable bonds is 0. The second-order valence-corrected chi connectivity index (χ2v) is 0.894. The average molecular weight is 98.1 g/mol. The van der Waals surface area contributed by atoms with E-state index in [1.54, 1.807) is 24.8 Å². The molecule has 1 heterocycles. The maximum absolute atomic E-state index is 3.72. The Bertz CT molecular complexity index is 86.0. The minimum atomic E-state index is 0. The fourth-order valence-electron chi connectivity index (χ4n) is 0.253. The van der Waals surface area contributed by atoms with Gasteiger partial charge in [-0.3, -0.25) is 9.97 Å². The smallest absolute Gasteiger partial charge is 0.870 e. The van der Waals surface area contributed by atoms with E-state index in [0.717, 1.165) is 0 Å². The monoisotopic (exact) mass is 98.0 g/mol. The first-order valence-corrected chi connectivity index (χ1v) is 1.70. The molecule has 1 aromatic rings. The van der Waals surface area contributed by atoms with Crippen LogP contribution >= 0.6 is 0 Å². The van der Waals surface area contributed by atoms with E-state index in [1.165, 1.54) is 0 Å². The Balaban J connectivity index is 0. The van der Waals surface area contributed by atoms with Gasteiger partial charge in [-0.2, -0.15) is 0 Å². The standard InChI is InChI=1S/C4H4N2.Na.H2O/c1-2-6-4-3-5-1;;/h1-4H;;1H2/q;+1;/p-1/i;1-22;. The van der Waals surface area contributed by atoms with Gasteiger partial charge in [-0.1, -0.05) is 0 Å². The van der Waals surface area contributed by atoms with Gasteiger partial charge in [0.05, 0.1) is 0 Å². The number of hydrogen-bond acceptors (Lipinski definition) is 3. The molecule has 0 aromatic carbocycles. The van der Waals surface area contributed by atoms with Gasteiger partial charge < -0.3 is 5.48 Å². The van der Waals surface area contributed by atoms with Crippen LogP contribution in [0, 0.1) is 0 Å². The van der Waals surface area contributed by atoms with Crippen molar-refractivity contribution in [3.63, 3.8) is 0 Å². The third-order valence-corrected chi connectivity index (χ3v) is 0.478. The molecule has 0 saturated carbocycles. The van der Waals surface area contributed by atoms with Crippen LogP contribution in [0.2, 0.25) is 0 Å². The summed E-state index contributed by atoms with van der Waals surface area (Å²) >= 11 is 0. The van der Waals surface area contributed by atoms with Crippen LogP contribution in [0.1, 0.15) is 0 Å². The topological polar surface area (TPSA) is 55.8 Å². The fourth-order valence-corrected chi connectivity index (χ4v) is 0.253. The van der Waals surface area contributed by atoms with Crippen LogP contribution in [0.15, 0.2) is 24.8 Å². The molecule has 0 aliphatic carbocycles. The molecule has 1 rings (SSSR count). The fraction of sp³-hybridized carbons (Fsp3) is 0. The molecule has 4 heteroatoms. The van der Waals surface area contributed by atoms with Crippen LogP contribution in [0.5, 0.6) is 0 Å². The third kappa shape index (κ3) is 4.21. The van der Waals surface area contributed by atoms with E-state index in [1.807, 2.05) is 0 Å². The zero-order valence-corrected chi connectivity index (χ0v) is 6.65. The normalized spacial score (nSPS) is 6.00. The van der Waals surface area contributed by atoms with Crippen molar-refractivity contribution in [1.82, 2.24) is 9.97 Å². The molecule has 0 radical (unpaired) electrons. The maximum Gasteiger partial charge on any atom is 1.00 e. The van der Waals surface area contributed by atoms with E-state index in [4.69, 9.17) is 0 Å². The van der Waals surface area contributed by atoms with E-state index in [0.29, 0.717) is 0 Å². The summed E-state index contributed by atoms with van der Waals surface area (Å²) in [5.41, 5.74) is 0. The largest absolute Gasteiger partial charge is 1.00 e. The average Bonchev–Trinajstić information content (AvgIpc) is 1.72. The van der Waals surface area contributed by atoms with Crippen molar-refractivity contribution in [3.05, 3.63) is 24.8 Å². The summed E-state index contributed by atoms with van der Waals surface area (Å²) in [6, 6.07) is 0. The van der Waals surface area contributed by atoms with Crippen molar-refractivity contribution in [1.29, 1.82) is 0 Å². The number of aromatic nitrogens is 2. The van der Waals surface area contributed by atoms with Crippen molar-refractivity contribution in [3.8, 4) is 0 Å². The second-order valence-electron chi connectivity index (χ2n) is 0.894. The number of nitrogens with zero attached hydrogens (tertiary/aromatic N) is 2. The zero-order chi connectivity index (χ0) is 4.24. The minimum absolute atomic E-state index is 0. The van der Waals surface area contributed by atoms with Crippen LogP contribution < -0.4 is 29.6 Å². The van der Waals surface area contributed by atoms with Gasteiger partial charge in [0.1, 0.15) is 0 Å². The Kier molecular flexibility index (Phi) is 9.61. The first-order chi connectivity index (χ1) is 3.00. The predicted octanol–water partition coefficient (Wildman–Crippen LogP) is -2.70. The Morgan fingerprint density at radius 2 is 1.00 bits per heavy atom. The molecule has 0 aliphatic rings. The van der Waals surface area contributed by atoms with Gasteiger partial charge in [-0.25, -0.2) is 0 Å². The van der Waals surface area contributed by atoms with Gasteiger partial charge in [-0.05, 0) is 0 Å². The summed E-state index contributed by atoms with van der Waals surface area (Å²) in [7, 11) is 0. The van der Waals surface area contributed by atoms with Crippen molar-refractivity contribution in [2.45, 2.75) is 0 Å². The second kappa shape index (κ2) is 7.04. The summed E-state index contributed by atoms with van der Waals surface area (Å²) < 4.78 is 0. The first kappa shape index (κ1) is 10.9. The van der Waals surface area contributed by atoms with E-state index in [9.17, 15) is 0 Å². The molecule has 3 nitrogen and oxygen atoms in total. The van der Waals surface area contributed by atoms with E-state index < -0.39 is 0 Å². The van der Waals surface area contributed by atoms with E-state index in [-0.39, 0.29) is 35.0 Å². The molecule has 1 N–H and O–H groups in total. The maximum atomic E-state index is 3.72. The zero-order valence-electron chi connectivity index (χ0n) is 4.65. The van der Waals surface area contributed by atoms with Crippen LogP contribution in [0.4, 0.5) is 0 Å². The molecular formula is C4H5N2NaO. The Labute approximate surface area is 69.8 Å². The van der Waals surface area contributed by atoms with Gasteiger partial charge in [0.15, 0.2) is 0 Å². The van der Waals surface area contributed by atoms with Crippen LogP contribution in [-0.4, -0.2) is 15.4 Å². The molecule has 0 bridgehead atoms. The Morgan fingerprint density at radius 1 is 0.750 bits per heavy atom. The Hall–Kier alpha value is 0.0400. The van der Waals surface area contributed by atoms with Crippen LogP contribution in [0.3, 0.4) is 0 Å². The summed E-state index contributed by atoms with van der Waals surface area (Å²) in [6.07, 6.45) is 6.56. The van der Waals surface area contributed by atoms with Crippen LogP contribution in [-0.2, 0) is 0 Å². The predicted molar refractivity (Wildman–Crippen MR) is 24.0 cm³/mol. The minimum Gasteiger partial charge on any atom is -0.870 e. The van der Waals surface area contributed by atoms with E-state index >= 15 is 0 Å². The molecule has 38 valence electrons. The van der Waals surface area contributed by atoms with Crippen molar-refractivity contribution in [2.75, 3.05) is 0 Å². The van der Waals surface area contributed by atoms with Gasteiger partial charge >= 0.3 is 29.6 Å². The molecule has 0 aliphatic heterocycles. The third-order valence-electron chi connectivity index (χ3n) is 0.478. The molecule has 0 saturated heterocycles. The van der Waals surface area contributed by atoms with Crippen molar-refractivity contribution in [2.24, 2.45) is 0 Å². The summed E-state index contributed by atoms with van der Waals surface area (Å²) in [5.74, 6) is 0. The number of hydrogen-bond donors (Lipinski definition) is 0. The molecule has 0 unspecified atom stereocenters. The van der Waals surface area contributed by atoms with Crippen LogP contribution in [0.25, 0.3) is 0 Å².